The zero-order valence-electron chi connectivity index (χ0n) is 17.0. The molecule has 3 heterocycles. The molecule has 0 aliphatic carbocycles. The van der Waals surface area contributed by atoms with Gasteiger partial charge in [-0.15, -0.1) is 10.2 Å². The first-order chi connectivity index (χ1) is 14.3. The molecule has 11 heteroatoms. The number of nitrogens with one attached hydrogen (secondary N) is 1. The van der Waals surface area contributed by atoms with Gasteiger partial charge in [0.25, 0.3) is 5.91 Å². The second-order valence-corrected chi connectivity index (χ2v) is 9.56. The van der Waals surface area contributed by atoms with Crippen LogP contribution in [0.3, 0.4) is 0 Å². The van der Waals surface area contributed by atoms with Gasteiger partial charge in [0.1, 0.15) is 5.82 Å². The Morgan fingerprint density at radius 2 is 1.93 bits per heavy atom. The first-order valence-electron chi connectivity index (χ1n) is 9.52. The van der Waals surface area contributed by atoms with Gasteiger partial charge in [-0.3, -0.25) is 9.20 Å². The second kappa shape index (κ2) is 7.65. The first kappa shape index (κ1) is 20.2. The van der Waals surface area contributed by atoms with Crippen LogP contribution in [0.4, 0.5) is 5.82 Å². The van der Waals surface area contributed by atoms with Crippen LogP contribution >= 0.6 is 0 Å². The van der Waals surface area contributed by atoms with E-state index in [-0.39, 0.29) is 16.8 Å². The van der Waals surface area contributed by atoms with E-state index < -0.39 is 10.0 Å². The van der Waals surface area contributed by atoms with E-state index in [9.17, 15) is 13.2 Å². The standard InChI is InChI=1S/C19H23N7O3S/c1-13-22-23-18-17(20-9-11-26(13)18)25-10-8-15(12-25)21-19(27)14-4-6-16(7-5-14)30(28,29)24(2)3/h4-7,9,11,15H,8,10,12H2,1-3H3,(H,21,27). The maximum Gasteiger partial charge on any atom is 0.251 e. The third kappa shape index (κ3) is 3.61. The fourth-order valence-electron chi connectivity index (χ4n) is 3.48. The molecule has 3 aromatic rings. The molecule has 30 heavy (non-hydrogen) atoms. The molecule has 1 unspecified atom stereocenters. The van der Waals surface area contributed by atoms with Gasteiger partial charge in [0.05, 0.1) is 4.90 Å². The summed E-state index contributed by atoms with van der Waals surface area (Å²) in [4.78, 5) is 19.3. The van der Waals surface area contributed by atoms with Crippen LogP contribution in [-0.2, 0) is 10.0 Å². The number of benzene rings is 1. The predicted octanol–water partition coefficient (Wildman–Crippen LogP) is 0.692. The number of carbonyl (C=O) groups excluding carboxylic acids is 1. The maximum atomic E-state index is 12.6. The normalized spacial score (nSPS) is 17.1. The summed E-state index contributed by atoms with van der Waals surface area (Å²) >= 11 is 0. The minimum absolute atomic E-state index is 0.0474. The molecule has 1 N–H and O–H groups in total. The van der Waals surface area contributed by atoms with Crippen molar-refractivity contribution in [1.29, 1.82) is 0 Å². The highest BCUT2D eigenvalue weighted by molar-refractivity contribution is 7.89. The number of nitrogens with zero attached hydrogens (tertiary/aromatic N) is 6. The lowest BCUT2D eigenvalue weighted by atomic mass is 10.2. The van der Waals surface area contributed by atoms with Crippen molar-refractivity contribution in [2.75, 3.05) is 32.1 Å². The summed E-state index contributed by atoms with van der Waals surface area (Å²) < 4.78 is 27.3. The van der Waals surface area contributed by atoms with Gasteiger partial charge in [0.15, 0.2) is 5.82 Å². The van der Waals surface area contributed by atoms with Gasteiger partial charge in [-0.2, -0.15) is 0 Å². The van der Waals surface area contributed by atoms with Crippen LogP contribution in [0.1, 0.15) is 22.6 Å². The van der Waals surface area contributed by atoms with Crippen molar-refractivity contribution >= 4 is 27.4 Å². The molecular weight excluding hydrogens is 406 g/mol. The van der Waals surface area contributed by atoms with E-state index in [1.165, 1.54) is 38.4 Å². The largest absolute Gasteiger partial charge is 0.351 e. The fourth-order valence-corrected chi connectivity index (χ4v) is 4.38. The van der Waals surface area contributed by atoms with E-state index in [1.807, 2.05) is 17.5 Å². The third-order valence-corrected chi connectivity index (χ3v) is 7.03. The summed E-state index contributed by atoms with van der Waals surface area (Å²) in [5.74, 6) is 1.30. The van der Waals surface area contributed by atoms with Crippen LogP contribution in [0.2, 0.25) is 0 Å². The van der Waals surface area contributed by atoms with Crippen molar-refractivity contribution in [3.8, 4) is 0 Å². The maximum absolute atomic E-state index is 12.6. The van der Waals surface area contributed by atoms with E-state index in [0.717, 1.165) is 28.9 Å². The zero-order valence-corrected chi connectivity index (χ0v) is 17.8. The van der Waals surface area contributed by atoms with E-state index >= 15 is 0 Å². The molecule has 0 bridgehead atoms. The zero-order chi connectivity index (χ0) is 21.5. The fraction of sp³-hybridized carbons (Fsp3) is 0.368. The van der Waals surface area contributed by atoms with Crippen molar-refractivity contribution in [2.24, 2.45) is 0 Å². The molecule has 0 saturated carbocycles. The molecule has 1 atom stereocenters. The number of carbonyl (C=O) groups is 1. The van der Waals surface area contributed by atoms with Crippen molar-refractivity contribution in [2.45, 2.75) is 24.3 Å². The van der Waals surface area contributed by atoms with Crippen molar-refractivity contribution in [3.63, 3.8) is 0 Å². The van der Waals surface area contributed by atoms with Crippen molar-refractivity contribution < 1.29 is 13.2 Å². The number of hydrogen-bond donors (Lipinski definition) is 1. The topological polar surface area (TPSA) is 113 Å². The Balaban J connectivity index is 1.44. The van der Waals surface area contributed by atoms with Crippen LogP contribution in [0, 0.1) is 6.92 Å². The van der Waals surface area contributed by atoms with Gasteiger partial charge in [0, 0.05) is 51.2 Å². The molecule has 0 radical (unpaired) electrons. The van der Waals surface area contributed by atoms with Crippen LogP contribution < -0.4 is 10.2 Å². The van der Waals surface area contributed by atoms with Gasteiger partial charge in [-0.05, 0) is 37.6 Å². The number of aryl methyl sites for hydroxylation is 1. The smallest absolute Gasteiger partial charge is 0.251 e. The molecule has 1 amide bonds. The first-order valence-corrected chi connectivity index (χ1v) is 11.0. The Hall–Kier alpha value is -3.05. The van der Waals surface area contributed by atoms with Crippen molar-refractivity contribution in [1.82, 2.24) is 29.2 Å². The van der Waals surface area contributed by atoms with Crippen molar-refractivity contribution in [3.05, 3.63) is 48.0 Å². The van der Waals surface area contributed by atoms with Crippen LogP contribution in [-0.4, -0.2) is 71.4 Å². The summed E-state index contributed by atoms with van der Waals surface area (Å²) in [5, 5.41) is 11.3. The molecule has 1 saturated heterocycles. The SMILES string of the molecule is Cc1nnc2c(N3CCC(NC(=O)c4ccc(S(=O)(=O)N(C)C)cc4)C3)nccn12. The molecule has 0 spiro atoms. The number of aromatic nitrogens is 4. The van der Waals surface area contributed by atoms with Crippen LogP contribution in [0.5, 0.6) is 0 Å². The Kier molecular flexibility index (Phi) is 5.16. The molecule has 1 aliphatic heterocycles. The highest BCUT2D eigenvalue weighted by Crippen LogP contribution is 2.22. The summed E-state index contributed by atoms with van der Waals surface area (Å²) in [7, 11) is -0.580. The van der Waals surface area contributed by atoms with Crippen LogP contribution in [0.15, 0.2) is 41.6 Å². The molecule has 2 aromatic heterocycles. The van der Waals surface area contributed by atoms with Gasteiger partial charge in [0.2, 0.25) is 15.7 Å². The average Bonchev–Trinajstić information content (AvgIpc) is 3.35. The number of sulfonamides is 1. The van der Waals surface area contributed by atoms with Gasteiger partial charge >= 0.3 is 0 Å². The van der Waals surface area contributed by atoms with Crippen LogP contribution in [0.25, 0.3) is 5.65 Å². The van der Waals surface area contributed by atoms with Gasteiger partial charge in [-0.25, -0.2) is 17.7 Å². The Morgan fingerprint density at radius 1 is 1.20 bits per heavy atom. The summed E-state index contributed by atoms with van der Waals surface area (Å²) in [6.45, 7) is 3.23. The third-order valence-electron chi connectivity index (χ3n) is 5.20. The second-order valence-electron chi connectivity index (χ2n) is 7.41. The number of amides is 1. The predicted molar refractivity (Wildman–Crippen MR) is 111 cm³/mol. The Morgan fingerprint density at radius 3 is 2.63 bits per heavy atom. The van der Waals surface area contributed by atoms with E-state index in [2.05, 4.69) is 25.4 Å². The van der Waals surface area contributed by atoms with E-state index in [0.29, 0.717) is 17.8 Å². The molecule has 1 aromatic carbocycles. The highest BCUT2D eigenvalue weighted by Gasteiger charge is 2.27. The Bertz CT molecular complexity index is 1190. The highest BCUT2D eigenvalue weighted by atomic mass is 32.2. The minimum Gasteiger partial charge on any atom is -0.351 e. The minimum atomic E-state index is -3.52. The molecular formula is C19H23N7O3S. The van der Waals surface area contributed by atoms with Gasteiger partial charge in [-0.1, -0.05) is 0 Å². The summed E-state index contributed by atoms with van der Waals surface area (Å²) in [6, 6.07) is 5.90. The Labute approximate surface area is 174 Å². The molecule has 158 valence electrons. The quantitative estimate of drug-likeness (QED) is 0.635. The number of fused-ring (bicyclic) bond motifs is 1. The number of rotatable bonds is 5. The average molecular weight is 430 g/mol. The summed E-state index contributed by atoms with van der Waals surface area (Å²) in [6.07, 6.45) is 4.31. The lowest BCUT2D eigenvalue weighted by Gasteiger charge is -2.18. The molecule has 1 fully saturated rings. The summed E-state index contributed by atoms with van der Waals surface area (Å²) in [5.41, 5.74) is 1.11. The monoisotopic (exact) mass is 429 g/mol. The molecule has 1 aliphatic rings. The number of anilines is 1. The lowest BCUT2D eigenvalue weighted by molar-refractivity contribution is 0.0940. The number of hydrogen-bond acceptors (Lipinski definition) is 7. The molecule has 4 rings (SSSR count). The van der Waals surface area contributed by atoms with Gasteiger partial charge < -0.3 is 10.2 Å². The molecule has 10 nitrogen and oxygen atoms in total. The van der Waals surface area contributed by atoms with E-state index in [4.69, 9.17) is 0 Å². The van der Waals surface area contributed by atoms with E-state index in [1.54, 1.807) is 6.20 Å². The lowest BCUT2D eigenvalue weighted by Crippen LogP contribution is -2.37.